The van der Waals surface area contributed by atoms with E-state index >= 15 is 0 Å². The van der Waals surface area contributed by atoms with E-state index in [2.05, 4.69) is 55.2 Å². The Morgan fingerprint density at radius 1 is 1.03 bits per heavy atom. The molecule has 1 spiro atoms. The van der Waals surface area contributed by atoms with Crippen LogP contribution in [0.4, 0.5) is 0 Å². The van der Waals surface area contributed by atoms with Crippen molar-refractivity contribution in [2.75, 3.05) is 19.6 Å². The summed E-state index contributed by atoms with van der Waals surface area (Å²) in [6.45, 7) is 6.23. The van der Waals surface area contributed by atoms with Gasteiger partial charge in [-0.2, -0.15) is 0 Å². The molecule has 1 aromatic heterocycles. The van der Waals surface area contributed by atoms with Gasteiger partial charge in [-0.1, -0.05) is 48.9 Å². The van der Waals surface area contributed by atoms with Crippen LogP contribution >= 0.6 is 11.6 Å². The van der Waals surface area contributed by atoms with Gasteiger partial charge in [-0.15, -0.1) is 0 Å². The number of benzene rings is 2. The average Bonchev–Trinajstić information content (AvgIpc) is 3.78. The number of likely N-dealkylation sites (tertiary alicyclic amines) is 1. The summed E-state index contributed by atoms with van der Waals surface area (Å²) < 4.78 is 0. The predicted molar refractivity (Wildman–Crippen MR) is 145 cm³/mol. The molecular formula is C30H29ClN4O2. The lowest BCUT2D eigenvalue weighted by atomic mass is 9.95. The van der Waals surface area contributed by atoms with Crippen LogP contribution < -0.4 is 0 Å². The van der Waals surface area contributed by atoms with Crippen LogP contribution in [0.2, 0.25) is 5.15 Å². The number of carbonyl (C=O) groups excluding carboxylic acids is 2. The maximum atomic E-state index is 13.4. The topological polar surface area (TPSA) is 65.9 Å². The van der Waals surface area contributed by atoms with Gasteiger partial charge < -0.3 is 4.90 Å². The van der Waals surface area contributed by atoms with Gasteiger partial charge in [0, 0.05) is 41.9 Å². The fourth-order valence-corrected chi connectivity index (χ4v) is 5.89. The molecule has 2 aliphatic carbocycles. The lowest BCUT2D eigenvalue weighted by molar-refractivity contribution is -0.143. The van der Waals surface area contributed by atoms with Crippen molar-refractivity contribution in [2.45, 2.75) is 45.1 Å². The molecule has 188 valence electrons. The summed E-state index contributed by atoms with van der Waals surface area (Å²) in [7, 11) is 0. The zero-order valence-corrected chi connectivity index (χ0v) is 21.9. The van der Waals surface area contributed by atoms with Crippen molar-refractivity contribution >= 4 is 40.2 Å². The van der Waals surface area contributed by atoms with E-state index < -0.39 is 5.54 Å². The van der Waals surface area contributed by atoms with Crippen molar-refractivity contribution in [3.8, 4) is 11.1 Å². The molecule has 2 amide bonds. The molecule has 7 heteroatoms. The number of pyridine rings is 1. The Kier molecular flexibility index (Phi) is 4.88. The van der Waals surface area contributed by atoms with Crippen LogP contribution in [0.1, 0.15) is 43.7 Å². The molecule has 0 radical (unpaired) electrons. The molecule has 3 heterocycles. The normalized spacial score (nSPS) is 21.4. The quantitative estimate of drug-likeness (QED) is 0.439. The molecule has 4 aliphatic rings. The molecule has 0 unspecified atom stereocenters. The molecule has 7 rings (SSSR count). The molecule has 0 bridgehead atoms. The number of fused-ring (bicyclic) bond motifs is 1. The maximum Gasteiger partial charge on any atom is 0.256 e. The Balaban J connectivity index is 1.14. The highest BCUT2D eigenvalue weighted by Crippen LogP contribution is 2.48. The van der Waals surface area contributed by atoms with E-state index in [0.717, 1.165) is 77.8 Å². The number of halogens is 1. The zero-order valence-electron chi connectivity index (χ0n) is 21.1. The highest BCUT2D eigenvalue weighted by atomic mass is 35.5. The van der Waals surface area contributed by atoms with Crippen LogP contribution in [0.5, 0.6) is 0 Å². The number of nitrogens with zero attached hydrogens (tertiary/aromatic N) is 4. The lowest BCUT2D eigenvalue weighted by Gasteiger charge is -2.42. The van der Waals surface area contributed by atoms with Gasteiger partial charge in [0.2, 0.25) is 5.91 Å². The van der Waals surface area contributed by atoms with Gasteiger partial charge in [0.25, 0.3) is 5.91 Å². The SMILES string of the molecule is Cc1cc(-c2ccc3ccc(Cl)nc3c2)ccc1C1=NC2(CC2)C(=O)N1CC1CN(C(=O)C2(C)CC2)C1. The van der Waals surface area contributed by atoms with Crippen molar-refractivity contribution in [2.24, 2.45) is 16.3 Å². The minimum absolute atomic E-state index is 0.127. The number of rotatable bonds is 5. The van der Waals surface area contributed by atoms with E-state index in [1.54, 1.807) is 6.07 Å². The van der Waals surface area contributed by atoms with Crippen molar-refractivity contribution in [1.82, 2.24) is 14.8 Å². The van der Waals surface area contributed by atoms with Crippen LogP contribution in [0.15, 0.2) is 53.5 Å². The highest BCUT2D eigenvalue weighted by molar-refractivity contribution is 6.29. The zero-order chi connectivity index (χ0) is 25.5. The van der Waals surface area contributed by atoms with E-state index in [9.17, 15) is 9.59 Å². The van der Waals surface area contributed by atoms with Crippen molar-refractivity contribution in [1.29, 1.82) is 0 Å². The van der Waals surface area contributed by atoms with Gasteiger partial charge in [-0.05, 0) is 67.5 Å². The Morgan fingerprint density at radius 3 is 2.43 bits per heavy atom. The standard InChI is InChI=1S/C30H29ClN4O2/c1-18-13-21(22-4-3-20-6-8-25(31)32-24(20)14-22)5-7-23(18)26-33-30(11-12-30)28(37)35(26)17-19-15-34(16-19)27(36)29(2)9-10-29/h3-8,13-14,19H,9-12,15-17H2,1-2H3. The second kappa shape index (κ2) is 7.87. The van der Waals surface area contributed by atoms with Crippen molar-refractivity contribution in [3.05, 3.63) is 64.8 Å². The van der Waals surface area contributed by atoms with Gasteiger partial charge in [-0.3, -0.25) is 19.5 Å². The van der Waals surface area contributed by atoms with Crippen LogP contribution in [0.3, 0.4) is 0 Å². The number of hydrogen-bond acceptors (Lipinski definition) is 4. The number of aryl methyl sites for hydroxylation is 1. The number of amidine groups is 1. The summed E-state index contributed by atoms with van der Waals surface area (Å²) in [5.74, 6) is 1.49. The van der Waals surface area contributed by atoms with E-state index in [1.165, 1.54) is 0 Å². The van der Waals surface area contributed by atoms with Crippen LogP contribution in [0, 0.1) is 18.3 Å². The third-order valence-corrected chi connectivity index (χ3v) is 8.81. The number of amides is 2. The Morgan fingerprint density at radius 2 is 1.73 bits per heavy atom. The van der Waals surface area contributed by atoms with E-state index in [-0.39, 0.29) is 17.2 Å². The summed E-state index contributed by atoms with van der Waals surface area (Å²) in [5, 5.41) is 1.53. The second-order valence-electron chi connectivity index (χ2n) is 11.6. The molecule has 3 aromatic rings. The minimum Gasteiger partial charge on any atom is -0.341 e. The Labute approximate surface area is 221 Å². The second-order valence-corrected chi connectivity index (χ2v) is 12.0. The van der Waals surface area contributed by atoms with Crippen LogP contribution in [-0.2, 0) is 9.59 Å². The molecule has 1 saturated heterocycles. The molecule has 0 atom stereocenters. The molecule has 2 aromatic carbocycles. The minimum atomic E-state index is -0.551. The average molecular weight is 513 g/mol. The monoisotopic (exact) mass is 512 g/mol. The summed E-state index contributed by atoms with van der Waals surface area (Å²) in [6.07, 6.45) is 3.64. The largest absolute Gasteiger partial charge is 0.341 e. The third-order valence-electron chi connectivity index (χ3n) is 8.60. The van der Waals surface area contributed by atoms with Crippen molar-refractivity contribution in [3.63, 3.8) is 0 Å². The molecular weight excluding hydrogens is 484 g/mol. The summed E-state index contributed by atoms with van der Waals surface area (Å²) in [6, 6.07) is 16.3. The molecule has 0 N–H and O–H groups in total. The first kappa shape index (κ1) is 22.9. The summed E-state index contributed by atoms with van der Waals surface area (Å²) in [5.41, 5.74) is 4.42. The van der Waals surface area contributed by atoms with Crippen LogP contribution in [0.25, 0.3) is 22.0 Å². The number of aliphatic imine (C=N–C) groups is 1. The molecule has 2 aliphatic heterocycles. The van der Waals surface area contributed by atoms with Gasteiger partial charge in [0.1, 0.15) is 16.5 Å². The first-order valence-corrected chi connectivity index (χ1v) is 13.5. The van der Waals surface area contributed by atoms with Crippen LogP contribution in [-0.4, -0.2) is 57.6 Å². The van der Waals surface area contributed by atoms with Gasteiger partial charge >= 0.3 is 0 Å². The number of carbonyl (C=O) groups is 2. The molecule has 3 fully saturated rings. The van der Waals surface area contributed by atoms with Gasteiger partial charge in [0.15, 0.2) is 0 Å². The fraction of sp³-hybridized carbons (Fsp3) is 0.400. The Bertz CT molecular complexity index is 1520. The summed E-state index contributed by atoms with van der Waals surface area (Å²) in [4.78, 5) is 39.4. The molecule has 6 nitrogen and oxygen atoms in total. The molecule has 2 saturated carbocycles. The van der Waals surface area contributed by atoms with Crippen molar-refractivity contribution < 1.29 is 9.59 Å². The predicted octanol–water partition coefficient (Wildman–Crippen LogP) is 5.24. The lowest BCUT2D eigenvalue weighted by Crippen LogP contribution is -2.56. The number of aromatic nitrogens is 1. The van der Waals surface area contributed by atoms with E-state index in [4.69, 9.17) is 16.6 Å². The van der Waals surface area contributed by atoms with E-state index in [1.807, 2.05) is 15.9 Å². The van der Waals surface area contributed by atoms with Gasteiger partial charge in [-0.25, -0.2) is 4.98 Å². The van der Waals surface area contributed by atoms with E-state index in [0.29, 0.717) is 17.6 Å². The fourth-order valence-electron chi connectivity index (χ4n) is 5.74. The highest BCUT2D eigenvalue weighted by Gasteiger charge is 2.58. The smallest absolute Gasteiger partial charge is 0.256 e. The first-order valence-electron chi connectivity index (χ1n) is 13.1. The third kappa shape index (κ3) is 3.76. The summed E-state index contributed by atoms with van der Waals surface area (Å²) >= 11 is 6.11. The Hall–Kier alpha value is -3.25. The number of hydrogen-bond donors (Lipinski definition) is 0. The van der Waals surface area contributed by atoms with Gasteiger partial charge in [0.05, 0.1) is 5.52 Å². The first-order chi connectivity index (χ1) is 17.7. The maximum absolute atomic E-state index is 13.4. The molecule has 37 heavy (non-hydrogen) atoms.